The zero-order valence-corrected chi connectivity index (χ0v) is 13.3. The monoisotopic (exact) mass is 291 g/mol. The second kappa shape index (κ2) is 6.03. The fourth-order valence-electron chi connectivity index (χ4n) is 3.94. The standard InChI is InChI=1S/C17H26FN3/c1-4-19-17(15-11-20-5-7-21(15)8-6-20)16-13(3)9-12(2)10-14(16)18/h9-10,15,17,19H,4-8,11H2,1-3H3. The van der Waals surface area contributed by atoms with Crippen LogP contribution in [0.15, 0.2) is 12.1 Å². The van der Waals surface area contributed by atoms with Crippen LogP contribution in [0.5, 0.6) is 0 Å². The van der Waals surface area contributed by atoms with E-state index in [9.17, 15) is 4.39 Å². The second-order valence-electron chi connectivity index (χ2n) is 6.42. The zero-order chi connectivity index (χ0) is 15.0. The fourth-order valence-corrected chi connectivity index (χ4v) is 3.94. The van der Waals surface area contributed by atoms with Gasteiger partial charge in [-0.05, 0) is 37.6 Å². The molecule has 2 bridgehead atoms. The first kappa shape index (κ1) is 14.9. The van der Waals surface area contributed by atoms with Gasteiger partial charge in [0.2, 0.25) is 0 Å². The molecule has 0 amide bonds. The Morgan fingerprint density at radius 2 is 1.95 bits per heavy atom. The molecule has 116 valence electrons. The van der Waals surface area contributed by atoms with E-state index in [1.807, 2.05) is 13.8 Å². The summed E-state index contributed by atoms with van der Waals surface area (Å²) in [5.41, 5.74) is 2.93. The highest BCUT2D eigenvalue weighted by Gasteiger charge is 2.38. The Kier molecular flexibility index (Phi) is 4.29. The summed E-state index contributed by atoms with van der Waals surface area (Å²) in [5, 5.41) is 3.55. The molecular formula is C17H26FN3. The molecule has 4 rings (SSSR count). The lowest BCUT2D eigenvalue weighted by molar-refractivity contribution is -0.00402. The van der Waals surface area contributed by atoms with Gasteiger partial charge in [0.05, 0.1) is 6.04 Å². The highest BCUT2D eigenvalue weighted by Crippen LogP contribution is 2.31. The third-order valence-electron chi connectivity index (χ3n) is 4.92. The summed E-state index contributed by atoms with van der Waals surface area (Å²) < 4.78 is 14.6. The fraction of sp³-hybridized carbons (Fsp3) is 0.647. The van der Waals surface area contributed by atoms with E-state index in [0.29, 0.717) is 6.04 Å². The van der Waals surface area contributed by atoms with Gasteiger partial charge in [-0.1, -0.05) is 13.0 Å². The van der Waals surface area contributed by atoms with E-state index in [0.717, 1.165) is 56.0 Å². The van der Waals surface area contributed by atoms with E-state index in [2.05, 4.69) is 28.1 Å². The van der Waals surface area contributed by atoms with Gasteiger partial charge in [-0.15, -0.1) is 0 Å². The summed E-state index contributed by atoms with van der Waals surface area (Å²) in [6, 6.07) is 4.23. The molecule has 4 heteroatoms. The number of piperazine rings is 3. The first-order chi connectivity index (χ1) is 10.1. The van der Waals surface area contributed by atoms with Crippen LogP contribution >= 0.6 is 0 Å². The smallest absolute Gasteiger partial charge is 0.128 e. The molecule has 3 aliphatic rings. The lowest BCUT2D eigenvalue weighted by Gasteiger charge is -2.50. The van der Waals surface area contributed by atoms with Crippen LogP contribution in [0.2, 0.25) is 0 Å². The molecule has 3 aliphatic heterocycles. The van der Waals surface area contributed by atoms with Crippen molar-refractivity contribution in [3.05, 3.63) is 34.6 Å². The number of hydrogen-bond acceptors (Lipinski definition) is 3. The summed E-state index contributed by atoms with van der Waals surface area (Å²) in [5.74, 6) is -0.0592. The van der Waals surface area contributed by atoms with E-state index < -0.39 is 0 Å². The lowest BCUT2D eigenvalue weighted by Crippen LogP contribution is -2.64. The average molecular weight is 291 g/mol. The van der Waals surface area contributed by atoms with Crippen molar-refractivity contribution in [1.29, 1.82) is 0 Å². The van der Waals surface area contributed by atoms with Gasteiger partial charge in [0.15, 0.2) is 0 Å². The molecule has 1 aromatic carbocycles. The molecule has 2 unspecified atom stereocenters. The molecule has 21 heavy (non-hydrogen) atoms. The maximum absolute atomic E-state index is 14.6. The molecular weight excluding hydrogens is 265 g/mol. The van der Waals surface area contributed by atoms with E-state index in [1.165, 1.54) is 0 Å². The van der Waals surface area contributed by atoms with Crippen LogP contribution in [-0.4, -0.2) is 55.1 Å². The maximum atomic E-state index is 14.6. The number of nitrogens with one attached hydrogen (secondary N) is 1. The molecule has 3 heterocycles. The Labute approximate surface area is 127 Å². The van der Waals surface area contributed by atoms with Crippen molar-refractivity contribution in [3.8, 4) is 0 Å². The SMILES string of the molecule is CCNC(c1c(C)cc(C)cc1F)C1CN2CCN1CC2. The minimum absolute atomic E-state index is 0.0592. The number of benzene rings is 1. The summed E-state index contributed by atoms with van der Waals surface area (Å²) >= 11 is 0. The summed E-state index contributed by atoms with van der Waals surface area (Å²) in [4.78, 5) is 5.04. The van der Waals surface area contributed by atoms with E-state index in [1.54, 1.807) is 6.07 Å². The van der Waals surface area contributed by atoms with Gasteiger partial charge in [0, 0.05) is 44.3 Å². The van der Waals surface area contributed by atoms with Crippen molar-refractivity contribution in [3.63, 3.8) is 0 Å². The average Bonchev–Trinajstić information content (AvgIpc) is 2.46. The predicted molar refractivity (Wildman–Crippen MR) is 84.1 cm³/mol. The molecule has 1 aromatic rings. The zero-order valence-electron chi connectivity index (χ0n) is 13.3. The van der Waals surface area contributed by atoms with Crippen molar-refractivity contribution in [2.75, 3.05) is 39.3 Å². The van der Waals surface area contributed by atoms with E-state index in [-0.39, 0.29) is 11.9 Å². The van der Waals surface area contributed by atoms with Crippen molar-refractivity contribution < 1.29 is 4.39 Å². The predicted octanol–water partition coefficient (Wildman–Crippen LogP) is 2.09. The molecule has 1 N–H and O–H groups in total. The topological polar surface area (TPSA) is 18.5 Å². The summed E-state index contributed by atoms with van der Waals surface area (Å²) in [6.45, 7) is 12.5. The third kappa shape index (κ3) is 2.85. The summed E-state index contributed by atoms with van der Waals surface area (Å²) in [7, 11) is 0. The molecule has 0 aliphatic carbocycles. The van der Waals surface area contributed by atoms with Crippen LogP contribution in [-0.2, 0) is 0 Å². The highest BCUT2D eigenvalue weighted by atomic mass is 19.1. The molecule has 3 saturated heterocycles. The van der Waals surface area contributed by atoms with Crippen molar-refractivity contribution >= 4 is 0 Å². The number of aryl methyl sites for hydroxylation is 2. The van der Waals surface area contributed by atoms with Crippen LogP contribution in [0.4, 0.5) is 4.39 Å². The van der Waals surface area contributed by atoms with Crippen LogP contribution in [0.1, 0.15) is 29.7 Å². The Bertz CT molecular complexity index is 486. The highest BCUT2D eigenvalue weighted by molar-refractivity contribution is 5.35. The molecule has 3 nitrogen and oxygen atoms in total. The lowest BCUT2D eigenvalue weighted by atomic mass is 9.90. The van der Waals surface area contributed by atoms with Gasteiger partial charge in [-0.25, -0.2) is 4.39 Å². The molecule has 0 spiro atoms. The van der Waals surface area contributed by atoms with Gasteiger partial charge < -0.3 is 5.32 Å². The van der Waals surface area contributed by atoms with E-state index >= 15 is 0 Å². The minimum atomic E-state index is -0.0592. The number of fused-ring (bicyclic) bond motifs is 3. The van der Waals surface area contributed by atoms with Crippen LogP contribution in [0, 0.1) is 19.7 Å². The van der Waals surface area contributed by atoms with E-state index in [4.69, 9.17) is 0 Å². The number of hydrogen-bond donors (Lipinski definition) is 1. The van der Waals surface area contributed by atoms with Gasteiger partial charge in [0.25, 0.3) is 0 Å². The molecule has 3 fully saturated rings. The first-order valence-electron chi connectivity index (χ1n) is 8.06. The van der Waals surface area contributed by atoms with Crippen LogP contribution in [0.25, 0.3) is 0 Å². The Balaban J connectivity index is 1.95. The van der Waals surface area contributed by atoms with Crippen molar-refractivity contribution in [2.24, 2.45) is 0 Å². The Hall–Kier alpha value is -0.970. The summed E-state index contributed by atoms with van der Waals surface area (Å²) in [6.07, 6.45) is 0. The third-order valence-corrected chi connectivity index (χ3v) is 4.92. The Morgan fingerprint density at radius 3 is 2.48 bits per heavy atom. The first-order valence-corrected chi connectivity index (χ1v) is 8.06. The van der Waals surface area contributed by atoms with Crippen LogP contribution in [0.3, 0.4) is 0 Å². The number of halogens is 1. The van der Waals surface area contributed by atoms with Gasteiger partial charge in [-0.3, -0.25) is 9.80 Å². The maximum Gasteiger partial charge on any atom is 0.128 e. The molecule has 2 atom stereocenters. The van der Waals surface area contributed by atoms with Crippen molar-refractivity contribution in [2.45, 2.75) is 32.9 Å². The minimum Gasteiger partial charge on any atom is -0.309 e. The number of rotatable bonds is 4. The van der Waals surface area contributed by atoms with Gasteiger partial charge >= 0.3 is 0 Å². The number of likely N-dealkylation sites (N-methyl/N-ethyl adjacent to an activating group) is 1. The van der Waals surface area contributed by atoms with Crippen LogP contribution < -0.4 is 5.32 Å². The normalized spacial score (nSPS) is 29.6. The second-order valence-corrected chi connectivity index (χ2v) is 6.42. The molecule has 0 aromatic heterocycles. The Morgan fingerprint density at radius 1 is 1.24 bits per heavy atom. The van der Waals surface area contributed by atoms with Gasteiger partial charge in [-0.2, -0.15) is 0 Å². The van der Waals surface area contributed by atoms with Gasteiger partial charge in [0.1, 0.15) is 5.82 Å². The van der Waals surface area contributed by atoms with Crippen molar-refractivity contribution in [1.82, 2.24) is 15.1 Å². The number of nitrogens with zero attached hydrogens (tertiary/aromatic N) is 2. The largest absolute Gasteiger partial charge is 0.309 e. The quantitative estimate of drug-likeness (QED) is 0.916. The molecule has 0 radical (unpaired) electrons. The molecule has 0 saturated carbocycles.